The SMILES string of the molecule is CNC(=O)C1CCCN1C1CCN(C2CC3(CCN(C(=O)O)C3)C2)CC1. The Balaban J connectivity index is 1.25. The second-order valence-electron chi connectivity index (χ2n) is 8.79. The van der Waals surface area contributed by atoms with Crippen LogP contribution in [-0.4, -0.2) is 89.7 Å². The molecule has 1 atom stereocenters. The van der Waals surface area contributed by atoms with E-state index < -0.39 is 6.09 Å². The molecule has 0 aromatic heterocycles. The number of nitrogens with zero attached hydrogens (tertiary/aromatic N) is 3. The van der Waals surface area contributed by atoms with Gasteiger partial charge < -0.3 is 20.2 Å². The van der Waals surface area contributed by atoms with Gasteiger partial charge in [0.05, 0.1) is 6.04 Å². The van der Waals surface area contributed by atoms with Crippen molar-refractivity contribution >= 4 is 12.0 Å². The van der Waals surface area contributed by atoms with Crippen LogP contribution in [0, 0.1) is 5.41 Å². The summed E-state index contributed by atoms with van der Waals surface area (Å²) in [7, 11) is 1.74. The lowest BCUT2D eigenvalue weighted by molar-refractivity contribution is -0.126. The Morgan fingerprint density at radius 1 is 1.04 bits per heavy atom. The van der Waals surface area contributed by atoms with Gasteiger partial charge >= 0.3 is 6.09 Å². The molecule has 3 aliphatic heterocycles. The van der Waals surface area contributed by atoms with E-state index in [1.807, 2.05) is 0 Å². The molecule has 0 radical (unpaired) electrons. The lowest BCUT2D eigenvalue weighted by Gasteiger charge is -2.52. The molecule has 146 valence electrons. The second kappa shape index (κ2) is 7.00. The predicted molar refractivity (Wildman–Crippen MR) is 98.1 cm³/mol. The number of likely N-dealkylation sites (N-methyl/N-ethyl adjacent to an activating group) is 1. The number of carboxylic acid groups (broad SMARTS) is 1. The number of hydrogen-bond donors (Lipinski definition) is 2. The van der Waals surface area contributed by atoms with Gasteiger partial charge in [-0.25, -0.2) is 4.79 Å². The molecule has 2 amide bonds. The molecule has 0 aromatic rings. The van der Waals surface area contributed by atoms with Gasteiger partial charge in [0.2, 0.25) is 5.91 Å². The van der Waals surface area contributed by atoms with Crippen molar-refractivity contribution in [3.63, 3.8) is 0 Å². The average Bonchev–Trinajstić information content (AvgIpc) is 3.27. The maximum atomic E-state index is 12.1. The summed E-state index contributed by atoms with van der Waals surface area (Å²) in [6.07, 6.45) is 7.01. The van der Waals surface area contributed by atoms with E-state index in [9.17, 15) is 14.7 Å². The van der Waals surface area contributed by atoms with Crippen molar-refractivity contribution in [2.24, 2.45) is 5.41 Å². The summed E-state index contributed by atoms with van der Waals surface area (Å²) >= 11 is 0. The average molecular weight is 364 g/mol. The Hall–Kier alpha value is -1.34. The van der Waals surface area contributed by atoms with Gasteiger partial charge in [-0.15, -0.1) is 0 Å². The topological polar surface area (TPSA) is 76.1 Å². The maximum absolute atomic E-state index is 12.1. The number of piperidine rings is 1. The second-order valence-corrected chi connectivity index (χ2v) is 8.79. The molecule has 7 heteroatoms. The van der Waals surface area contributed by atoms with Crippen LogP contribution in [0.1, 0.15) is 44.9 Å². The maximum Gasteiger partial charge on any atom is 0.407 e. The summed E-state index contributed by atoms with van der Waals surface area (Å²) in [5.41, 5.74) is 0.263. The van der Waals surface area contributed by atoms with Gasteiger partial charge in [0, 0.05) is 32.2 Å². The van der Waals surface area contributed by atoms with Crippen LogP contribution in [0.25, 0.3) is 0 Å². The van der Waals surface area contributed by atoms with E-state index in [4.69, 9.17) is 0 Å². The molecule has 0 aromatic carbocycles. The molecule has 1 aliphatic carbocycles. The monoisotopic (exact) mass is 364 g/mol. The third-order valence-electron chi connectivity index (χ3n) is 7.37. The van der Waals surface area contributed by atoms with Crippen LogP contribution in [-0.2, 0) is 4.79 Å². The van der Waals surface area contributed by atoms with Crippen molar-refractivity contribution in [2.75, 3.05) is 39.8 Å². The van der Waals surface area contributed by atoms with Crippen LogP contribution < -0.4 is 5.32 Å². The molecule has 3 heterocycles. The number of hydrogen-bond acceptors (Lipinski definition) is 4. The van der Waals surface area contributed by atoms with Crippen molar-refractivity contribution in [2.45, 2.75) is 63.1 Å². The van der Waals surface area contributed by atoms with Gasteiger partial charge in [-0.2, -0.15) is 0 Å². The van der Waals surface area contributed by atoms with E-state index in [2.05, 4.69) is 15.1 Å². The van der Waals surface area contributed by atoms with Gasteiger partial charge in [-0.3, -0.25) is 9.69 Å². The lowest BCUT2D eigenvalue weighted by Crippen LogP contribution is -2.57. The number of carbonyl (C=O) groups is 2. The van der Waals surface area contributed by atoms with E-state index in [1.54, 1.807) is 11.9 Å². The molecule has 1 saturated carbocycles. The molecule has 2 N–H and O–H groups in total. The van der Waals surface area contributed by atoms with Gasteiger partial charge in [0.25, 0.3) is 0 Å². The summed E-state index contributed by atoms with van der Waals surface area (Å²) in [4.78, 5) is 29.9. The largest absolute Gasteiger partial charge is 0.465 e. The van der Waals surface area contributed by atoms with Crippen molar-refractivity contribution < 1.29 is 14.7 Å². The molecular weight excluding hydrogens is 332 g/mol. The minimum atomic E-state index is -0.762. The normalized spacial score (nSPS) is 36.4. The minimum absolute atomic E-state index is 0.0732. The fourth-order valence-corrected chi connectivity index (χ4v) is 5.89. The van der Waals surface area contributed by atoms with Crippen molar-refractivity contribution in [1.29, 1.82) is 0 Å². The Morgan fingerprint density at radius 3 is 2.38 bits per heavy atom. The molecule has 3 saturated heterocycles. The summed E-state index contributed by atoms with van der Waals surface area (Å²) < 4.78 is 0. The Labute approximate surface area is 155 Å². The zero-order valence-electron chi connectivity index (χ0n) is 15.8. The van der Waals surface area contributed by atoms with Crippen molar-refractivity contribution in [3.05, 3.63) is 0 Å². The molecule has 4 rings (SSSR count). The predicted octanol–water partition coefficient (Wildman–Crippen LogP) is 1.19. The standard InChI is InChI=1S/C19H32N4O3/c1-20-17(24)16-3-2-7-23(16)14-4-8-21(9-5-14)15-11-19(12-15)6-10-22(13-19)18(25)26/h14-16H,2-13H2,1H3,(H,20,24)(H,25,26). The fourth-order valence-electron chi connectivity index (χ4n) is 5.89. The summed E-state index contributed by atoms with van der Waals surface area (Å²) in [6.45, 7) is 4.73. The summed E-state index contributed by atoms with van der Waals surface area (Å²) in [6, 6.07) is 1.25. The smallest absolute Gasteiger partial charge is 0.407 e. The number of rotatable bonds is 3. The molecule has 1 spiro atoms. The Kier molecular flexibility index (Phi) is 4.86. The molecule has 7 nitrogen and oxygen atoms in total. The van der Waals surface area contributed by atoms with E-state index in [0.29, 0.717) is 18.6 Å². The third-order valence-corrected chi connectivity index (χ3v) is 7.37. The third kappa shape index (κ3) is 3.20. The van der Waals surface area contributed by atoms with E-state index in [-0.39, 0.29) is 17.4 Å². The van der Waals surface area contributed by atoms with Gasteiger partial charge in [0.15, 0.2) is 0 Å². The first-order chi connectivity index (χ1) is 12.5. The first-order valence-corrected chi connectivity index (χ1v) is 10.2. The highest BCUT2D eigenvalue weighted by molar-refractivity contribution is 5.81. The quantitative estimate of drug-likeness (QED) is 0.787. The molecule has 1 unspecified atom stereocenters. The summed E-state index contributed by atoms with van der Waals surface area (Å²) in [5.74, 6) is 0.176. The Morgan fingerprint density at radius 2 is 1.77 bits per heavy atom. The Bertz CT molecular complexity index is 555. The summed E-state index contributed by atoms with van der Waals surface area (Å²) in [5, 5.41) is 12.0. The molecule has 0 bridgehead atoms. The van der Waals surface area contributed by atoms with Crippen LogP contribution in [0.2, 0.25) is 0 Å². The molecular formula is C19H32N4O3. The van der Waals surface area contributed by atoms with E-state index >= 15 is 0 Å². The highest BCUT2D eigenvalue weighted by atomic mass is 16.4. The van der Waals surface area contributed by atoms with Crippen molar-refractivity contribution in [3.8, 4) is 0 Å². The lowest BCUT2D eigenvalue weighted by atomic mass is 9.64. The molecule has 26 heavy (non-hydrogen) atoms. The van der Waals surface area contributed by atoms with Crippen LogP contribution in [0.15, 0.2) is 0 Å². The molecule has 4 fully saturated rings. The van der Waals surface area contributed by atoms with Gasteiger partial charge in [-0.1, -0.05) is 0 Å². The van der Waals surface area contributed by atoms with Crippen LogP contribution in [0.5, 0.6) is 0 Å². The highest BCUT2D eigenvalue weighted by Gasteiger charge is 2.51. The van der Waals surface area contributed by atoms with Crippen LogP contribution >= 0.6 is 0 Å². The fraction of sp³-hybridized carbons (Fsp3) is 0.895. The van der Waals surface area contributed by atoms with Crippen LogP contribution in [0.3, 0.4) is 0 Å². The molecule has 4 aliphatic rings. The van der Waals surface area contributed by atoms with Crippen LogP contribution in [0.4, 0.5) is 4.79 Å². The number of nitrogens with one attached hydrogen (secondary N) is 1. The minimum Gasteiger partial charge on any atom is -0.465 e. The van der Waals surface area contributed by atoms with Gasteiger partial charge in [-0.05, 0) is 70.0 Å². The zero-order valence-corrected chi connectivity index (χ0v) is 15.8. The first kappa shape index (κ1) is 18.0. The number of likely N-dealkylation sites (tertiary alicyclic amines) is 3. The van der Waals surface area contributed by atoms with E-state index in [0.717, 1.165) is 71.1 Å². The highest BCUT2D eigenvalue weighted by Crippen LogP contribution is 2.50. The van der Waals surface area contributed by atoms with Gasteiger partial charge in [0.1, 0.15) is 0 Å². The van der Waals surface area contributed by atoms with E-state index in [1.165, 1.54) is 0 Å². The number of carbonyl (C=O) groups excluding carboxylic acids is 1. The van der Waals surface area contributed by atoms with Crippen molar-refractivity contribution in [1.82, 2.24) is 20.0 Å². The number of amides is 2. The first-order valence-electron chi connectivity index (χ1n) is 10.2. The zero-order chi connectivity index (χ0) is 18.3.